The fraction of sp³-hybridized carbons (Fsp3) is 0.667. The number of hydrogen-bond acceptors (Lipinski definition) is 1. The molecule has 1 aromatic rings. The van der Waals surface area contributed by atoms with E-state index in [9.17, 15) is 9.50 Å². The molecule has 0 radical (unpaired) electrons. The number of halogens is 2. The SMILES string of the molecule is CC(C)(C)C1CCC(CO)(Cc2ccc(Cl)c(F)c2)CC1. The highest BCUT2D eigenvalue weighted by molar-refractivity contribution is 6.30. The van der Waals surface area contributed by atoms with Gasteiger partial charge in [0.15, 0.2) is 0 Å². The summed E-state index contributed by atoms with van der Waals surface area (Å²) >= 11 is 5.74. The molecule has 0 amide bonds. The summed E-state index contributed by atoms with van der Waals surface area (Å²) in [6.45, 7) is 7.04. The maximum Gasteiger partial charge on any atom is 0.142 e. The first-order chi connectivity index (χ1) is 9.76. The minimum absolute atomic E-state index is 0.0952. The Labute approximate surface area is 132 Å². The number of aliphatic hydroxyl groups excluding tert-OH is 1. The molecule has 1 aliphatic rings. The van der Waals surface area contributed by atoms with Crippen LogP contribution >= 0.6 is 11.6 Å². The summed E-state index contributed by atoms with van der Waals surface area (Å²) in [5, 5.41) is 10.1. The number of rotatable bonds is 3. The highest BCUT2D eigenvalue weighted by Gasteiger charge is 2.38. The summed E-state index contributed by atoms with van der Waals surface area (Å²) in [7, 11) is 0. The third-order valence-electron chi connectivity index (χ3n) is 5.17. The standard InChI is InChI=1S/C18H26ClFO/c1-17(2,3)14-6-8-18(12-21,9-7-14)11-13-4-5-15(19)16(20)10-13/h4-5,10,14,21H,6-9,11-12H2,1-3H3. The average molecular weight is 313 g/mol. The van der Waals surface area contributed by atoms with Crippen LogP contribution in [0.3, 0.4) is 0 Å². The maximum absolute atomic E-state index is 13.6. The van der Waals surface area contributed by atoms with Crippen molar-refractivity contribution in [1.82, 2.24) is 0 Å². The molecule has 1 aliphatic carbocycles. The fourth-order valence-corrected chi connectivity index (χ4v) is 3.69. The molecule has 0 aromatic heterocycles. The molecule has 3 heteroatoms. The van der Waals surface area contributed by atoms with E-state index in [1.165, 1.54) is 6.07 Å². The highest BCUT2D eigenvalue weighted by atomic mass is 35.5. The molecule has 118 valence electrons. The third kappa shape index (κ3) is 3.98. The molecule has 0 aliphatic heterocycles. The average Bonchev–Trinajstić information content (AvgIpc) is 2.42. The summed E-state index contributed by atoms with van der Waals surface area (Å²) in [5.41, 5.74) is 1.16. The lowest BCUT2D eigenvalue weighted by molar-refractivity contribution is 0.0369. The predicted octanol–water partition coefficient (Wildman–Crippen LogP) is 5.24. The molecule has 1 saturated carbocycles. The van der Waals surface area contributed by atoms with Crippen LogP contribution in [0.1, 0.15) is 52.0 Å². The molecule has 0 saturated heterocycles. The maximum atomic E-state index is 13.6. The minimum Gasteiger partial charge on any atom is -0.396 e. The molecular formula is C18H26ClFO. The van der Waals surface area contributed by atoms with Gasteiger partial charge in [-0.05, 0) is 66.5 Å². The van der Waals surface area contributed by atoms with Gasteiger partial charge in [-0.1, -0.05) is 38.4 Å². The number of benzene rings is 1. The van der Waals surface area contributed by atoms with E-state index in [1.54, 1.807) is 6.07 Å². The molecule has 1 N–H and O–H groups in total. The van der Waals surface area contributed by atoms with Crippen LogP contribution in [-0.4, -0.2) is 11.7 Å². The molecule has 2 rings (SSSR count). The molecule has 0 bridgehead atoms. The topological polar surface area (TPSA) is 20.2 Å². The molecule has 21 heavy (non-hydrogen) atoms. The van der Waals surface area contributed by atoms with E-state index in [-0.39, 0.29) is 22.9 Å². The van der Waals surface area contributed by atoms with E-state index in [1.807, 2.05) is 6.07 Å². The van der Waals surface area contributed by atoms with Crippen molar-refractivity contribution in [3.05, 3.63) is 34.6 Å². The quantitative estimate of drug-likeness (QED) is 0.809. The number of aliphatic hydroxyl groups is 1. The van der Waals surface area contributed by atoms with Gasteiger partial charge in [-0.15, -0.1) is 0 Å². The zero-order valence-electron chi connectivity index (χ0n) is 13.3. The second-order valence-electron chi connectivity index (χ2n) is 7.72. The van der Waals surface area contributed by atoms with Crippen molar-refractivity contribution in [2.45, 2.75) is 52.9 Å². The summed E-state index contributed by atoms with van der Waals surface area (Å²) in [6, 6.07) is 4.99. The van der Waals surface area contributed by atoms with Gasteiger partial charge in [0.25, 0.3) is 0 Å². The van der Waals surface area contributed by atoms with Crippen LogP contribution in [0.25, 0.3) is 0 Å². The van der Waals surface area contributed by atoms with Crippen molar-refractivity contribution in [2.75, 3.05) is 6.61 Å². The van der Waals surface area contributed by atoms with Crippen molar-refractivity contribution >= 4 is 11.6 Å². The van der Waals surface area contributed by atoms with Gasteiger partial charge >= 0.3 is 0 Å². The minimum atomic E-state index is -0.370. The van der Waals surface area contributed by atoms with Gasteiger partial charge in [-0.3, -0.25) is 0 Å². The van der Waals surface area contributed by atoms with Gasteiger partial charge in [0, 0.05) is 6.61 Å². The van der Waals surface area contributed by atoms with Crippen LogP contribution < -0.4 is 0 Å². The normalized spacial score (nSPS) is 26.9. The van der Waals surface area contributed by atoms with Crippen molar-refractivity contribution in [3.63, 3.8) is 0 Å². The summed E-state index contributed by atoms with van der Waals surface area (Å²) in [4.78, 5) is 0. The predicted molar refractivity (Wildman–Crippen MR) is 86.0 cm³/mol. The lowest BCUT2D eigenvalue weighted by atomic mass is 9.62. The van der Waals surface area contributed by atoms with Crippen LogP contribution in [0.5, 0.6) is 0 Å². The van der Waals surface area contributed by atoms with Crippen LogP contribution in [0.15, 0.2) is 18.2 Å². The first-order valence-corrected chi connectivity index (χ1v) is 8.18. The summed E-state index contributed by atoms with van der Waals surface area (Å²) in [5.74, 6) is 0.338. The molecular weight excluding hydrogens is 287 g/mol. The van der Waals surface area contributed by atoms with Gasteiger partial charge in [0.2, 0.25) is 0 Å². The Kier molecular flexibility index (Phi) is 4.99. The van der Waals surface area contributed by atoms with Gasteiger partial charge in [0.1, 0.15) is 5.82 Å². The molecule has 1 aromatic carbocycles. The Morgan fingerprint density at radius 2 is 1.90 bits per heavy atom. The monoisotopic (exact) mass is 312 g/mol. The van der Waals surface area contributed by atoms with E-state index in [0.29, 0.717) is 11.3 Å². The van der Waals surface area contributed by atoms with Crippen LogP contribution in [-0.2, 0) is 6.42 Å². The Morgan fingerprint density at radius 3 is 2.38 bits per heavy atom. The Hall–Kier alpha value is -0.600. The lowest BCUT2D eigenvalue weighted by Crippen LogP contribution is -2.36. The van der Waals surface area contributed by atoms with Crippen molar-refractivity contribution < 1.29 is 9.50 Å². The van der Waals surface area contributed by atoms with Gasteiger partial charge < -0.3 is 5.11 Å². The van der Waals surface area contributed by atoms with Crippen molar-refractivity contribution in [1.29, 1.82) is 0 Å². The lowest BCUT2D eigenvalue weighted by Gasteiger charge is -2.43. The van der Waals surface area contributed by atoms with E-state index in [2.05, 4.69) is 20.8 Å². The molecule has 1 nitrogen and oxygen atoms in total. The van der Waals surface area contributed by atoms with Crippen molar-refractivity contribution in [3.8, 4) is 0 Å². The molecule has 0 heterocycles. The molecule has 0 unspecified atom stereocenters. The third-order valence-corrected chi connectivity index (χ3v) is 5.48. The van der Waals surface area contributed by atoms with Gasteiger partial charge in [0.05, 0.1) is 5.02 Å². The zero-order valence-corrected chi connectivity index (χ0v) is 14.0. The Balaban J connectivity index is 2.08. The van der Waals surface area contributed by atoms with Crippen molar-refractivity contribution in [2.24, 2.45) is 16.7 Å². The molecule has 0 spiro atoms. The zero-order chi connectivity index (χ0) is 15.7. The smallest absolute Gasteiger partial charge is 0.142 e. The molecule has 1 fully saturated rings. The van der Waals surface area contributed by atoms with E-state index in [0.717, 1.165) is 37.7 Å². The van der Waals surface area contributed by atoms with Crippen LogP contribution in [0.2, 0.25) is 5.02 Å². The Bertz CT molecular complexity index is 484. The second kappa shape index (κ2) is 6.26. The summed E-state index contributed by atoms with van der Waals surface area (Å²) < 4.78 is 13.6. The fourth-order valence-electron chi connectivity index (χ4n) is 3.57. The van der Waals surface area contributed by atoms with E-state index in [4.69, 9.17) is 11.6 Å². The highest BCUT2D eigenvalue weighted by Crippen LogP contribution is 2.46. The second-order valence-corrected chi connectivity index (χ2v) is 8.13. The molecule has 0 atom stereocenters. The van der Waals surface area contributed by atoms with Gasteiger partial charge in [-0.25, -0.2) is 4.39 Å². The largest absolute Gasteiger partial charge is 0.396 e. The van der Waals surface area contributed by atoms with Crippen LogP contribution in [0.4, 0.5) is 4.39 Å². The summed E-state index contributed by atoms with van der Waals surface area (Å²) in [6.07, 6.45) is 5.03. The first kappa shape index (κ1) is 16.8. The van der Waals surface area contributed by atoms with E-state index >= 15 is 0 Å². The first-order valence-electron chi connectivity index (χ1n) is 7.81. The Morgan fingerprint density at radius 1 is 1.29 bits per heavy atom. The van der Waals surface area contributed by atoms with E-state index < -0.39 is 0 Å². The number of hydrogen-bond donors (Lipinski definition) is 1. The van der Waals surface area contributed by atoms with Crippen LogP contribution in [0, 0.1) is 22.6 Å². The van der Waals surface area contributed by atoms with Gasteiger partial charge in [-0.2, -0.15) is 0 Å².